The molecule has 0 N–H and O–H groups in total. The summed E-state index contributed by atoms with van der Waals surface area (Å²) in [7, 11) is 5.26. The van der Waals surface area contributed by atoms with Crippen LogP contribution in [0.15, 0.2) is 36.4 Å². The Kier molecular flexibility index (Phi) is 3.87. The van der Waals surface area contributed by atoms with Crippen LogP contribution >= 0.6 is 15.9 Å². The first-order valence-electron chi connectivity index (χ1n) is 5.38. The molecule has 0 amide bonds. The van der Waals surface area contributed by atoms with Crippen molar-refractivity contribution in [3.8, 4) is 0 Å². The van der Waals surface area contributed by atoms with Crippen LogP contribution in [0.4, 0.5) is 0 Å². The zero-order chi connectivity index (χ0) is 13.1. The van der Waals surface area contributed by atoms with E-state index in [1.54, 1.807) is 12.1 Å². The molecule has 2 rings (SSSR count). The molecule has 2 nitrogen and oxygen atoms in total. The maximum absolute atomic E-state index is 11.8. The van der Waals surface area contributed by atoms with Crippen LogP contribution in [0.3, 0.4) is 0 Å². The fourth-order valence-electron chi connectivity index (χ4n) is 1.84. The van der Waals surface area contributed by atoms with Gasteiger partial charge >= 0.3 is 114 Å². The third kappa shape index (κ3) is 2.34. The molecule has 0 fully saturated rings. The predicted molar refractivity (Wildman–Crippen MR) is 78.2 cm³/mol. The molecule has 0 aliphatic carbocycles. The van der Waals surface area contributed by atoms with E-state index >= 15 is 0 Å². The molecule has 2 aromatic rings. The summed E-state index contributed by atoms with van der Waals surface area (Å²) in [4.78, 5) is 23.6. The molecular weight excluding hydrogens is 291 g/mol. The van der Waals surface area contributed by atoms with Gasteiger partial charge in [-0.05, 0) is 0 Å². The summed E-state index contributed by atoms with van der Waals surface area (Å²) in [6.45, 7) is 0. The number of carbonyl (C=O) groups excluding carboxylic acids is 2. The van der Waals surface area contributed by atoms with E-state index < -0.39 is 0 Å². The summed E-state index contributed by atoms with van der Waals surface area (Å²) >= 11 is 3.12. The molecule has 0 unspecified atom stereocenters. The molecule has 0 aliphatic heterocycles. The molecule has 0 aliphatic rings. The van der Waals surface area contributed by atoms with Crippen LogP contribution < -0.4 is 0 Å². The van der Waals surface area contributed by atoms with Gasteiger partial charge in [0, 0.05) is 0 Å². The summed E-state index contributed by atoms with van der Waals surface area (Å²) in [5, 5.41) is 2.01. The van der Waals surface area contributed by atoms with Crippen LogP contribution in [0.25, 0.3) is 10.8 Å². The topological polar surface area (TPSA) is 34.1 Å². The van der Waals surface area contributed by atoms with E-state index in [1.807, 2.05) is 24.3 Å². The van der Waals surface area contributed by atoms with Gasteiger partial charge in [-0.1, -0.05) is 0 Å². The predicted octanol–water partition coefficient (Wildman–Crippen LogP) is 2.57. The van der Waals surface area contributed by atoms with Gasteiger partial charge in [0.05, 0.1) is 0 Å². The molecule has 0 spiro atoms. The SMILES string of the molecule is [B]=CC(=O)c1cc2ccccc2cc1C(=O)CBr. The van der Waals surface area contributed by atoms with Gasteiger partial charge in [-0.15, -0.1) is 0 Å². The minimum atomic E-state index is -0.343. The summed E-state index contributed by atoms with van der Waals surface area (Å²) in [6.07, 6.45) is 0. The molecule has 0 heterocycles. The van der Waals surface area contributed by atoms with Gasteiger partial charge in [-0.2, -0.15) is 0 Å². The number of rotatable bonds is 4. The van der Waals surface area contributed by atoms with Crippen molar-refractivity contribution in [1.29, 1.82) is 0 Å². The van der Waals surface area contributed by atoms with Crippen molar-refractivity contribution in [3.05, 3.63) is 47.5 Å². The van der Waals surface area contributed by atoms with Crippen LogP contribution in [0.5, 0.6) is 0 Å². The fraction of sp³-hybridized carbons (Fsp3) is 0.0714. The van der Waals surface area contributed by atoms with Crippen LogP contribution in [0.1, 0.15) is 20.7 Å². The molecule has 0 saturated heterocycles. The van der Waals surface area contributed by atoms with Gasteiger partial charge in [-0.25, -0.2) is 0 Å². The Balaban J connectivity index is 2.75. The van der Waals surface area contributed by atoms with Gasteiger partial charge in [0.25, 0.3) is 0 Å². The number of carbonyl (C=O) groups is 2. The van der Waals surface area contributed by atoms with E-state index in [9.17, 15) is 9.59 Å². The normalized spacial score (nSPS) is 10.2. The van der Waals surface area contributed by atoms with E-state index in [2.05, 4.69) is 15.9 Å². The Hall–Kier alpha value is -1.55. The van der Waals surface area contributed by atoms with Crippen LogP contribution in [-0.4, -0.2) is 30.4 Å². The quantitative estimate of drug-likeness (QED) is 0.494. The number of hydrogen-bond donors (Lipinski definition) is 0. The second-order valence-corrected chi connectivity index (χ2v) is 4.39. The third-order valence-electron chi connectivity index (χ3n) is 2.72. The zero-order valence-corrected chi connectivity index (χ0v) is 11.1. The van der Waals surface area contributed by atoms with Crippen LogP contribution in [0.2, 0.25) is 0 Å². The zero-order valence-electron chi connectivity index (χ0n) is 9.52. The Morgan fingerprint density at radius 2 is 1.67 bits per heavy atom. The number of alkyl halides is 1. The van der Waals surface area contributed by atoms with Gasteiger partial charge in [-0.3, -0.25) is 0 Å². The third-order valence-corrected chi connectivity index (χ3v) is 3.23. The van der Waals surface area contributed by atoms with Gasteiger partial charge < -0.3 is 0 Å². The van der Waals surface area contributed by atoms with Crippen molar-refractivity contribution in [1.82, 2.24) is 0 Å². The first-order chi connectivity index (χ1) is 8.67. The first-order valence-corrected chi connectivity index (χ1v) is 6.50. The maximum atomic E-state index is 11.8. The molecule has 0 bridgehead atoms. The van der Waals surface area contributed by atoms with Crippen molar-refractivity contribution in [2.75, 3.05) is 5.33 Å². The summed E-state index contributed by atoms with van der Waals surface area (Å²) in [5.41, 5.74) is 0.748. The minimum absolute atomic E-state index is 0.133. The average molecular weight is 300 g/mol. The number of hydrogen-bond acceptors (Lipinski definition) is 2. The van der Waals surface area contributed by atoms with E-state index in [0.29, 0.717) is 11.1 Å². The standard InChI is InChI=1S/C14H9BBrO2/c15-7-13(17)11-5-9-3-1-2-4-10(9)6-12(11)14(18)8-16/h1-7H,8H2. The molecular formula is C14H9BBrO2. The number of fused-ring (bicyclic) bond motifs is 1. The number of halogens is 1. The van der Waals surface area contributed by atoms with Gasteiger partial charge in [0.1, 0.15) is 0 Å². The van der Waals surface area contributed by atoms with Crippen molar-refractivity contribution in [2.24, 2.45) is 0 Å². The second-order valence-electron chi connectivity index (χ2n) is 3.83. The molecule has 4 heteroatoms. The fourth-order valence-corrected chi connectivity index (χ4v) is 2.14. The summed E-state index contributed by atoms with van der Waals surface area (Å²) in [5.74, 6) is 0.505. The van der Waals surface area contributed by atoms with Crippen molar-refractivity contribution < 1.29 is 9.59 Å². The molecule has 1 radical (unpaired) electrons. The van der Waals surface area contributed by atoms with Crippen LogP contribution in [-0.2, 0) is 0 Å². The molecule has 87 valence electrons. The molecule has 0 aromatic heterocycles. The number of benzene rings is 2. The van der Waals surface area contributed by atoms with Gasteiger partial charge in [0.15, 0.2) is 0 Å². The summed E-state index contributed by atoms with van der Waals surface area (Å²) < 4.78 is 0. The average Bonchev–Trinajstić information content (AvgIpc) is 2.44. The van der Waals surface area contributed by atoms with Crippen molar-refractivity contribution in [2.45, 2.75) is 0 Å². The number of ketones is 2. The molecule has 2 aromatic carbocycles. The van der Waals surface area contributed by atoms with Gasteiger partial charge in [0.2, 0.25) is 0 Å². The van der Waals surface area contributed by atoms with Crippen molar-refractivity contribution >= 4 is 51.7 Å². The Morgan fingerprint density at radius 1 is 1.11 bits per heavy atom. The second kappa shape index (κ2) is 5.40. The molecule has 18 heavy (non-hydrogen) atoms. The van der Waals surface area contributed by atoms with E-state index in [0.717, 1.165) is 16.7 Å². The Morgan fingerprint density at radius 3 is 2.17 bits per heavy atom. The molecule has 0 saturated carbocycles. The Labute approximate surface area is 114 Å². The Bertz CT molecular complexity index is 649. The van der Waals surface area contributed by atoms with E-state index in [-0.39, 0.29) is 16.9 Å². The van der Waals surface area contributed by atoms with E-state index in [1.165, 1.54) is 0 Å². The molecule has 0 atom stereocenters. The van der Waals surface area contributed by atoms with Crippen molar-refractivity contribution in [3.63, 3.8) is 0 Å². The monoisotopic (exact) mass is 299 g/mol. The first kappa shape index (κ1) is 12.9. The summed E-state index contributed by atoms with van der Waals surface area (Å²) in [6, 6.07) is 11.0. The van der Waals surface area contributed by atoms with E-state index in [4.69, 9.17) is 7.49 Å². The van der Waals surface area contributed by atoms with Crippen LogP contribution in [0, 0.1) is 0 Å². The number of Topliss-reactive ketones (excluding diaryl/α,β-unsaturated/α-hetero) is 2.